The second-order valence-corrected chi connectivity index (χ2v) is 2.23. The van der Waals surface area contributed by atoms with Gasteiger partial charge in [-0.3, -0.25) is 4.99 Å². The van der Waals surface area contributed by atoms with Crippen molar-refractivity contribution in [2.45, 2.75) is 20.3 Å². The molecule has 0 amide bonds. The maximum atomic E-state index is 4.47. The van der Waals surface area contributed by atoms with Gasteiger partial charge in [0.25, 0.3) is 0 Å². The lowest BCUT2D eigenvalue weighted by molar-refractivity contribution is 1.20. The van der Waals surface area contributed by atoms with Crippen molar-refractivity contribution in [3.05, 3.63) is 11.6 Å². The molecule has 0 aliphatic heterocycles. The van der Waals surface area contributed by atoms with Crippen LogP contribution in [0.15, 0.2) is 21.6 Å². The minimum absolute atomic E-state index is 0.668. The number of hydrogen-bond acceptors (Lipinski definition) is 2. The van der Waals surface area contributed by atoms with Gasteiger partial charge in [-0.15, -0.1) is 0 Å². The zero-order valence-electron chi connectivity index (χ0n) is 7.09. The average Bonchev–Trinajstić information content (AvgIpc) is 2.00. The van der Waals surface area contributed by atoms with Crippen molar-refractivity contribution in [2.24, 2.45) is 9.98 Å². The molecule has 0 bridgehead atoms. The molecule has 60 valence electrons. The van der Waals surface area contributed by atoms with E-state index in [0.717, 1.165) is 12.0 Å². The topological polar surface area (TPSA) is 24.7 Å². The van der Waals surface area contributed by atoms with Crippen LogP contribution in [0.3, 0.4) is 0 Å². The molecule has 0 unspecified atom stereocenters. The monoisotopic (exact) mass is 168 g/mol. The van der Waals surface area contributed by atoms with Crippen molar-refractivity contribution in [1.82, 2.24) is 0 Å². The van der Waals surface area contributed by atoms with Gasteiger partial charge < -0.3 is 0 Å². The van der Waals surface area contributed by atoms with Crippen molar-refractivity contribution >= 4 is 23.2 Å². The molecule has 0 aliphatic rings. The van der Waals surface area contributed by atoms with Gasteiger partial charge in [-0.05, 0) is 31.1 Å². The van der Waals surface area contributed by atoms with Gasteiger partial charge in [-0.1, -0.05) is 13.0 Å². The van der Waals surface area contributed by atoms with Gasteiger partial charge in [0, 0.05) is 7.05 Å². The summed E-state index contributed by atoms with van der Waals surface area (Å²) in [6.07, 6.45) is 3.04. The highest BCUT2D eigenvalue weighted by Gasteiger charge is 1.95. The summed E-state index contributed by atoms with van der Waals surface area (Å²) in [5.74, 6) is 0.668. The largest absolute Gasteiger partial charge is 0.269 e. The number of amidine groups is 1. The molecular weight excluding hydrogens is 156 g/mol. The van der Waals surface area contributed by atoms with E-state index in [-0.39, 0.29) is 0 Å². The molecule has 0 aromatic heterocycles. The van der Waals surface area contributed by atoms with Crippen molar-refractivity contribution in [2.75, 3.05) is 7.05 Å². The lowest BCUT2D eigenvalue weighted by Crippen LogP contribution is -1.94. The Morgan fingerprint density at radius 1 is 1.64 bits per heavy atom. The molecule has 3 heteroatoms. The van der Waals surface area contributed by atoms with Crippen molar-refractivity contribution in [1.29, 1.82) is 0 Å². The second kappa shape index (κ2) is 5.96. The Hall–Kier alpha value is -0.790. The molecule has 0 spiro atoms. The number of allylic oxidation sites excluding steroid dienone is 1. The highest BCUT2D eigenvalue weighted by Crippen LogP contribution is 1.99. The Bertz CT molecular complexity index is 222. The zero-order valence-corrected chi connectivity index (χ0v) is 7.90. The average molecular weight is 168 g/mol. The van der Waals surface area contributed by atoms with E-state index < -0.39 is 0 Å². The second-order valence-electron chi connectivity index (χ2n) is 2.05. The maximum Gasteiger partial charge on any atom is 0.160 e. The molecule has 0 aliphatic carbocycles. The lowest BCUT2D eigenvalue weighted by atomic mass is 10.2. The summed E-state index contributed by atoms with van der Waals surface area (Å²) < 4.78 is 0. The fraction of sp³-hybridized carbons (Fsp3) is 0.500. The van der Waals surface area contributed by atoms with Crippen LogP contribution in [0.2, 0.25) is 0 Å². The van der Waals surface area contributed by atoms with E-state index in [9.17, 15) is 0 Å². The molecule has 0 rings (SSSR count). The third-order valence-electron chi connectivity index (χ3n) is 1.23. The smallest absolute Gasteiger partial charge is 0.160 e. The van der Waals surface area contributed by atoms with Crippen LogP contribution in [-0.4, -0.2) is 18.0 Å². The fourth-order valence-corrected chi connectivity index (χ4v) is 0.842. The van der Waals surface area contributed by atoms with Crippen LogP contribution >= 0.6 is 12.2 Å². The SMILES string of the molecule is CC/C=C(C)\C(N=C=S)=N/C. The molecule has 0 aromatic rings. The Labute approximate surface area is 72.8 Å². The molecule has 11 heavy (non-hydrogen) atoms. The zero-order chi connectivity index (χ0) is 8.69. The third-order valence-corrected chi connectivity index (χ3v) is 1.32. The Kier molecular flexibility index (Phi) is 5.53. The molecule has 0 radical (unpaired) electrons. The highest BCUT2D eigenvalue weighted by molar-refractivity contribution is 7.78. The molecular formula is C8H12N2S. The van der Waals surface area contributed by atoms with E-state index in [1.54, 1.807) is 7.05 Å². The van der Waals surface area contributed by atoms with Crippen molar-refractivity contribution in [3.63, 3.8) is 0 Å². The number of hydrogen-bond donors (Lipinski definition) is 0. The molecule has 0 aromatic carbocycles. The third kappa shape index (κ3) is 3.81. The number of thiocarbonyl (C=S) groups is 1. The van der Waals surface area contributed by atoms with Crippen molar-refractivity contribution < 1.29 is 0 Å². The van der Waals surface area contributed by atoms with Crippen LogP contribution in [0.25, 0.3) is 0 Å². The predicted molar refractivity (Wildman–Crippen MR) is 52.4 cm³/mol. The molecule has 0 fully saturated rings. The summed E-state index contributed by atoms with van der Waals surface area (Å²) in [5.41, 5.74) is 1.05. The quantitative estimate of drug-likeness (QED) is 0.353. The van der Waals surface area contributed by atoms with Crippen LogP contribution in [0.5, 0.6) is 0 Å². The minimum atomic E-state index is 0.668. The van der Waals surface area contributed by atoms with E-state index in [4.69, 9.17) is 0 Å². The minimum Gasteiger partial charge on any atom is -0.269 e. The first-order valence-electron chi connectivity index (χ1n) is 3.48. The first-order chi connectivity index (χ1) is 5.26. The van der Waals surface area contributed by atoms with Crippen LogP contribution < -0.4 is 0 Å². The molecule has 0 saturated carbocycles. The first kappa shape index (κ1) is 10.2. The van der Waals surface area contributed by atoms with Gasteiger partial charge >= 0.3 is 0 Å². The highest BCUT2D eigenvalue weighted by atomic mass is 32.1. The van der Waals surface area contributed by atoms with Crippen LogP contribution in [0, 0.1) is 0 Å². The summed E-state index contributed by atoms with van der Waals surface area (Å²) in [4.78, 5) is 7.76. The van der Waals surface area contributed by atoms with Gasteiger partial charge in [-0.25, -0.2) is 0 Å². The Morgan fingerprint density at radius 3 is 2.64 bits per heavy atom. The number of rotatable bonds is 2. The summed E-state index contributed by atoms with van der Waals surface area (Å²) in [6, 6.07) is 0. The number of aliphatic imine (C=N–C) groups is 2. The van der Waals surface area contributed by atoms with Gasteiger partial charge in [0.15, 0.2) is 5.84 Å². The van der Waals surface area contributed by atoms with Gasteiger partial charge in [0.2, 0.25) is 0 Å². The Morgan fingerprint density at radius 2 is 2.27 bits per heavy atom. The Balaban J connectivity index is 4.53. The van der Waals surface area contributed by atoms with Crippen LogP contribution in [-0.2, 0) is 0 Å². The normalized spacial score (nSPS) is 12.6. The molecule has 0 heterocycles. The maximum absolute atomic E-state index is 4.47. The lowest BCUT2D eigenvalue weighted by Gasteiger charge is -1.95. The molecule has 0 saturated heterocycles. The predicted octanol–water partition coefficient (Wildman–Crippen LogP) is 2.47. The van der Waals surface area contributed by atoms with E-state index in [1.807, 2.05) is 6.92 Å². The molecule has 0 atom stereocenters. The summed E-state index contributed by atoms with van der Waals surface area (Å²) in [6.45, 7) is 4.03. The standard InChI is InChI=1S/C8H12N2S/c1-4-5-7(2)8(9-3)10-6-11/h5H,4H2,1-3H3/b7-5-,9-8+. The summed E-state index contributed by atoms with van der Waals surface area (Å²) >= 11 is 4.47. The van der Waals surface area contributed by atoms with Gasteiger partial charge in [0.1, 0.15) is 0 Å². The van der Waals surface area contributed by atoms with Crippen LogP contribution in [0.4, 0.5) is 0 Å². The number of nitrogens with zero attached hydrogens (tertiary/aromatic N) is 2. The van der Waals surface area contributed by atoms with Crippen molar-refractivity contribution in [3.8, 4) is 0 Å². The van der Waals surface area contributed by atoms with Gasteiger partial charge in [0.05, 0.1) is 5.16 Å². The van der Waals surface area contributed by atoms with E-state index in [1.165, 1.54) is 0 Å². The fourth-order valence-electron chi connectivity index (χ4n) is 0.755. The van der Waals surface area contributed by atoms with E-state index >= 15 is 0 Å². The molecule has 2 nitrogen and oxygen atoms in total. The summed E-state index contributed by atoms with van der Waals surface area (Å²) in [7, 11) is 1.69. The van der Waals surface area contributed by atoms with E-state index in [0.29, 0.717) is 5.84 Å². The van der Waals surface area contributed by atoms with E-state index in [2.05, 4.69) is 40.4 Å². The summed E-state index contributed by atoms with van der Waals surface area (Å²) in [5, 5.41) is 2.29. The first-order valence-corrected chi connectivity index (χ1v) is 3.88. The van der Waals surface area contributed by atoms with Crippen LogP contribution in [0.1, 0.15) is 20.3 Å². The number of isothiocyanates is 1. The van der Waals surface area contributed by atoms with Gasteiger partial charge in [-0.2, -0.15) is 4.99 Å². The molecule has 0 N–H and O–H groups in total.